The van der Waals surface area contributed by atoms with Gasteiger partial charge in [0.15, 0.2) is 0 Å². The van der Waals surface area contributed by atoms with Gasteiger partial charge in [-0.3, -0.25) is 4.79 Å². The van der Waals surface area contributed by atoms with Crippen LogP contribution in [0.2, 0.25) is 0 Å². The number of carboxylic acids is 1. The van der Waals surface area contributed by atoms with E-state index in [-0.39, 0.29) is 12.2 Å². The molecule has 0 aliphatic rings. The van der Waals surface area contributed by atoms with Crippen molar-refractivity contribution in [2.24, 2.45) is 5.41 Å². The molecular weight excluding hydrogens is 223 g/mol. The van der Waals surface area contributed by atoms with E-state index >= 15 is 0 Å². The van der Waals surface area contributed by atoms with E-state index in [0.29, 0.717) is 11.3 Å². The summed E-state index contributed by atoms with van der Waals surface area (Å²) in [6, 6.07) is 6.02. The number of hydrogen-bond acceptors (Lipinski definition) is 2. The molecule has 90 valence electrons. The molecule has 1 N–H and O–H groups in total. The molecule has 0 spiro atoms. The lowest BCUT2D eigenvalue weighted by atomic mass is 9.88. The summed E-state index contributed by atoms with van der Waals surface area (Å²) < 4.78 is 18.4. The molecule has 0 atom stereocenters. The first kappa shape index (κ1) is 11.6. The summed E-state index contributed by atoms with van der Waals surface area (Å²) in [5.74, 6) is -0.696. The Balaban J connectivity index is 2.34. The van der Waals surface area contributed by atoms with Gasteiger partial charge in [-0.2, -0.15) is 0 Å². The molecule has 2 aromatic rings. The second kappa shape index (κ2) is 3.87. The molecule has 0 aliphatic carbocycles. The number of rotatable bonds is 3. The van der Waals surface area contributed by atoms with Gasteiger partial charge in [0.25, 0.3) is 0 Å². The summed E-state index contributed by atoms with van der Waals surface area (Å²) in [4.78, 5) is 11.0. The van der Waals surface area contributed by atoms with Crippen molar-refractivity contribution in [3.05, 3.63) is 35.8 Å². The van der Waals surface area contributed by atoms with Crippen LogP contribution in [0.15, 0.2) is 28.7 Å². The Labute approximate surface area is 97.9 Å². The van der Waals surface area contributed by atoms with Gasteiger partial charge in [-0.15, -0.1) is 0 Å². The number of carboxylic acid groups (broad SMARTS) is 1. The van der Waals surface area contributed by atoms with Crippen molar-refractivity contribution in [1.29, 1.82) is 0 Å². The zero-order valence-electron chi connectivity index (χ0n) is 9.66. The topological polar surface area (TPSA) is 50.4 Å². The molecule has 0 amide bonds. The number of hydrogen-bond donors (Lipinski definition) is 1. The molecule has 0 fully saturated rings. The zero-order chi connectivity index (χ0) is 12.6. The zero-order valence-corrected chi connectivity index (χ0v) is 9.66. The fourth-order valence-electron chi connectivity index (χ4n) is 1.66. The van der Waals surface area contributed by atoms with E-state index in [0.717, 1.165) is 5.39 Å². The Morgan fingerprint density at radius 3 is 2.76 bits per heavy atom. The Morgan fingerprint density at radius 2 is 2.12 bits per heavy atom. The van der Waals surface area contributed by atoms with Crippen LogP contribution in [0.1, 0.15) is 19.6 Å². The third-order valence-corrected chi connectivity index (χ3v) is 2.73. The second-order valence-corrected chi connectivity index (χ2v) is 4.76. The first-order valence-electron chi connectivity index (χ1n) is 5.30. The Hall–Kier alpha value is -1.84. The van der Waals surface area contributed by atoms with Crippen LogP contribution in [0, 0.1) is 11.2 Å². The quantitative estimate of drug-likeness (QED) is 0.890. The first-order chi connectivity index (χ1) is 7.88. The van der Waals surface area contributed by atoms with Gasteiger partial charge in [0.05, 0.1) is 5.41 Å². The third kappa shape index (κ3) is 2.30. The molecule has 0 saturated heterocycles. The lowest BCUT2D eigenvalue weighted by Gasteiger charge is -2.16. The second-order valence-electron chi connectivity index (χ2n) is 4.76. The normalized spacial score (nSPS) is 11.9. The highest BCUT2D eigenvalue weighted by Crippen LogP contribution is 2.27. The first-order valence-corrected chi connectivity index (χ1v) is 5.30. The monoisotopic (exact) mass is 236 g/mol. The number of fused-ring (bicyclic) bond motifs is 1. The Bertz CT molecular complexity index is 569. The van der Waals surface area contributed by atoms with Crippen molar-refractivity contribution in [3.63, 3.8) is 0 Å². The summed E-state index contributed by atoms with van der Waals surface area (Å²) in [6.07, 6.45) is 0.276. The smallest absolute Gasteiger partial charge is 0.309 e. The molecule has 0 bridgehead atoms. The van der Waals surface area contributed by atoms with Crippen LogP contribution < -0.4 is 0 Å². The number of furan rings is 1. The summed E-state index contributed by atoms with van der Waals surface area (Å²) in [6.45, 7) is 3.26. The SMILES string of the molecule is CC(C)(Cc1cc2ccc(F)cc2o1)C(=O)O. The number of carbonyl (C=O) groups is 1. The molecule has 1 heterocycles. The molecule has 0 saturated carbocycles. The highest BCUT2D eigenvalue weighted by molar-refractivity contribution is 5.78. The van der Waals surface area contributed by atoms with Gasteiger partial charge < -0.3 is 9.52 Å². The minimum Gasteiger partial charge on any atom is -0.481 e. The van der Waals surface area contributed by atoms with Gasteiger partial charge in [-0.1, -0.05) is 0 Å². The highest BCUT2D eigenvalue weighted by Gasteiger charge is 2.28. The van der Waals surface area contributed by atoms with Gasteiger partial charge in [0, 0.05) is 17.9 Å². The average Bonchev–Trinajstić information content (AvgIpc) is 2.57. The predicted octanol–water partition coefficient (Wildman–Crippen LogP) is 3.23. The van der Waals surface area contributed by atoms with Gasteiger partial charge in [0.2, 0.25) is 0 Å². The van der Waals surface area contributed by atoms with Crippen LogP contribution in [0.3, 0.4) is 0 Å². The van der Waals surface area contributed by atoms with Gasteiger partial charge in [0.1, 0.15) is 17.2 Å². The van der Waals surface area contributed by atoms with Crippen molar-refractivity contribution >= 4 is 16.9 Å². The molecule has 1 aromatic heterocycles. The fourth-order valence-corrected chi connectivity index (χ4v) is 1.66. The standard InChI is InChI=1S/C13H13FO3/c1-13(2,12(15)16)7-10-5-8-3-4-9(14)6-11(8)17-10/h3-6H,7H2,1-2H3,(H,15,16). The highest BCUT2D eigenvalue weighted by atomic mass is 19.1. The minimum atomic E-state index is -0.896. The van der Waals surface area contributed by atoms with E-state index in [4.69, 9.17) is 9.52 Å². The van der Waals surface area contributed by atoms with Gasteiger partial charge >= 0.3 is 5.97 Å². The van der Waals surface area contributed by atoms with Gasteiger partial charge in [-0.25, -0.2) is 4.39 Å². The van der Waals surface area contributed by atoms with Crippen LogP contribution in [0.4, 0.5) is 4.39 Å². The summed E-state index contributed by atoms with van der Waals surface area (Å²) in [5.41, 5.74) is -0.451. The largest absolute Gasteiger partial charge is 0.481 e. The average molecular weight is 236 g/mol. The Morgan fingerprint density at radius 1 is 1.41 bits per heavy atom. The van der Waals surface area contributed by atoms with Crippen molar-refractivity contribution in [1.82, 2.24) is 0 Å². The summed E-state index contributed by atoms with van der Waals surface area (Å²) in [7, 11) is 0. The van der Waals surface area contributed by atoms with Crippen LogP contribution in [-0.4, -0.2) is 11.1 Å². The maximum absolute atomic E-state index is 13.0. The van der Waals surface area contributed by atoms with Gasteiger partial charge in [-0.05, 0) is 32.0 Å². The third-order valence-electron chi connectivity index (χ3n) is 2.73. The molecule has 17 heavy (non-hydrogen) atoms. The molecule has 0 unspecified atom stereocenters. The maximum atomic E-state index is 13.0. The molecule has 3 nitrogen and oxygen atoms in total. The number of benzene rings is 1. The summed E-state index contributed by atoms with van der Waals surface area (Å²) >= 11 is 0. The minimum absolute atomic E-state index is 0.276. The van der Waals surface area contributed by atoms with Crippen LogP contribution in [0.25, 0.3) is 11.0 Å². The van der Waals surface area contributed by atoms with Crippen LogP contribution in [-0.2, 0) is 11.2 Å². The maximum Gasteiger partial charge on any atom is 0.309 e. The molecule has 2 rings (SSSR count). The van der Waals surface area contributed by atoms with Crippen LogP contribution in [0.5, 0.6) is 0 Å². The van der Waals surface area contributed by atoms with E-state index < -0.39 is 11.4 Å². The summed E-state index contributed by atoms with van der Waals surface area (Å²) in [5, 5.41) is 9.80. The van der Waals surface area contributed by atoms with Crippen molar-refractivity contribution in [2.75, 3.05) is 0 Å². The number of aliphatic carboxylic acids is 1. The molecule has 0 radical (unpaired) electrons. The van der Waals surface area contributed by atoms with Crippen molar-refractivity contribution in [2.45, 2.75) is 20.3 Å². The lowest BCUT2D eigenvalue weighted by molar-refractivity contribution is -0.147. The van der Waals surface area contributed by atoms with Crippen molar-refractivity contribution < 1.29 is 18.7 Å². The van der Waals surface area contributed by atoms with Crippen LogP contribution >= 0.6 is 0 Å². The fraction of sp³-hybridized carbons (Fsp3) is 0.308. The Kier molecular flexibility index (Phi) is 2.65. The van der Waals surface area contributed by atoms with E-state index in [1.54, 1.807) is 26.0 Å². The van der Waals surface area contributed by atoms with E-state index in [1.807, 2.05) is 0 Å². The molecule has 4 heteroatoms. The molecule has 1 aromatic carbocycles. The van der Waals surface area contributed by atoms with E-state index in [2.05, 4.69) is 0 Å². The number of halogens is 1. The molecular formula is C13H13FO3. The lowest BCUT2D eigenvalue weighted by Crippen LogP contribution is -2.25. The van der Waals surface area contributed by atoms with E-state index in [1.165, 1.54) is 12.1 Å². The van der Waals surface area contributed by atoms with E-state index in [9.17, 15) is 9.18 Å². The van der Waals surface area contributed by atoms with Crippen molar-refractivity contribution in [3.8, 4) is 0 Å². The predicted molar refractivity (Wildman–Crippen MR) is 61.3 cm³/mol. The molecule has 0 aliphatic heterocycles.